The summed E-state index contributed by atoms with van der Waals surface area (Å²) in [6.07, 6.45) is 8.37. The number of likely N-dealkylation sites (tertiary alicyclic amines) is 2. The largest absolute Gasteiger partial charge is 0.384 e. The van der Waals surface area contributed by atoms with E-state index in [4.69, 9.17) is 4.74 Å². The first-order valence-corrected chi connectivity index (χ1v) is 9.08. The van der Waals surface area contributed by atoms with Crippen molar-refractivity contribution in [2.75, 3.05) is 46.4 Å². The summed E-state index contributed by atoms with van der Waals surface area (Å²) in [7, 11) is 3.86. The summed E-state index contributed by atoms with van der Waals surface area (Å²) < 4.78 is 7.48. The summed E-state index contributed by atoms with van der Waals surface area (Å²) in [6, 6.07) is 0. The lowest BCUT2D eigenvalue weighted by Gasteiger charge is -2.30. The molecule has 23 heavy (non-hydrogen) atoms. The van der Waals surface area contributed by atoms with Crippen LogP contribution in [0, 0.1) is 17.3 Å². The smallest absolute Gasteiger partial charge is 0.0534 e. The van der Waals surface area contributed by atoms with Gasteiger partial charge in [0.2, 0.25) is 0 Å². The van der Waals surface area contributed by atoms with Gasteiger partial charge in [-0.3, -0.25) is 9.58 Å². The van der Waals surface area contributed by atoms with Crippen LogP contribution in [0.25, 0.3) is 0 Å². The molecule has 2 atom stereocenters. The number of hydrogen-bond acceptors (Lipinski definition) is 4. The quantitative estimate of drug-likeness (QED) is 0.798. The normalized spacial score (nSPS) is 32.3. The Labute approximate surface area is 139 Å². The van der Waals surface area contributed by atoms with E-state index >= 15 is 0 Å². The standard InChI is InChI=1S/C18H30N4O/c1-20-8-16(7-19-20)10-21-6-5-18(13-21)14-22(9-15-3-4-15)11-17(18)12-23-2/h7-8,15,17H,3-6,9-14H2,1-2H3/t17-,18-/m0/s1. The van der Waals surface area contributed by atoms with E-state index in [0.717, 1.165) is 19.1 Å². The fourth-order valence-electron chi connectivity index (χ4n) is 4.77. The monoisotopic (exact) mass is 318 g/mol. The number of nitrogens with zero attached hydrogens (tertiary/aromatic N) is 4. The summed E-state index contributed by atoms with van der Waals surface area (Å²) >= 11 is 0. The number of aromatic nitrogens is 2. The molecule has 2 aliphatic heterocycles. The fraction of sp³-hybridized carbons (Fsp3) is 0.833. The molecular formula is C18H30N4O. The predicted octanol–water partition coefficient (Wildman–Crippen LogP) is 1.60. The number of hydrogen-bond donors (Lipinski definition) is 0. The lowest BCUT2D eigenvalue weighted by atomic mass is 9.77. The molecule has 0 unspecified atom stereocenters. The average molecular weight is 318 g/mol. The molecule has 5 nitrogen and oxygen atoms in total. The van der Waals surface area contributed by atoms with Crippen LogP contribution < -0.4 is 0 Å². The van der Waals surface area contributed by atoms with Crippen LogP contribution in [0.15, 0.2) is 12.4 Å². The third kappa shape index (κ3) is 3.32. The Morgan fingerprint density at radius 2 is 2.13 bits per heavy atom. The van der Waals surface area contributed by atoms with Gasteiger partial charge in [-0.05, 0) is 31.7 Å². The first kappa shape index (κ1) is 15.6. The van der Waals surface area contributed by atoms with Crippen LogP contribution >= 0.6 is 0 Å². The second-order valence-electron chi connectivity index (χ2n) is 8.14. The number of ether oxygens (including phenoxy) is 1. The number of aryl methyl sites for hydroxylation is 1. The molecule has 3 aliphatic rings. The van der Waals surface area contributed by atoms with Gasteiger partial charge < -0.3 is 9.64 Å². The van der Waals surface area contributed by atoms with Crippen molar-refractivity contribution >= 4 is 0 Å². The maximum atomic E-state index is 5.58. The summed E-state index contributed by atoms with van der Waals surface area (Å²) in [5.74, 6) is 1.69. The maximum Gasteiger partial charge on any atom is 0.0534 e. The van der Waals surface area contributed by atoms with Gasteiger partial charge in [-0.15, -0.1) is 0 Å². The summed E-state index contributed by atoms with van der Waals surface area (Å²) in [6.45, 7) is 8.24. The van der Waals surface area contributed by atoms with Crippen molar-refractivity contribution in [1.29, 1.82) is 0 Å². The van der Waals surface area contributed by atoms with E-state index in [2.05, 4.69) is 21.1 Å². The van der Waals surface area contributed by atoms with Gasteiger partial charge in [0.15, 0.2) is 0 Å². The van der Waals surface area contributed by atoms with E-state index in [9.17, 15) is 0 Å². The second kappa shape index (κ2) is 6.19. The van der Waals surface area contributed by atoms with Crippen molar-refractivity contribution in [2.24, 2.45) is 24.3 Å². The first-order valence-electron chi connectivity index (χ1n) is 9.08. The number of rotatable bonds is 6. The van der Waals surface area contributed by atoms with Gasteiger partial charge >= 0.3 is 0 Å². The molecule has 3 fully saturated rings. The minimum atomic E-state index is 0.451. The molecule has 0 radical (unpaired) electrons. The Balaban J connectivity index is 1.41. The lowest BCUT2D eigenvalue weighted by Crippen LogP contribution is -2.36. The maximum absolute atomic E-state index is 5.58. The fourth-order valence-corrected chi connectivity index (χ4v) is 4.77. The van der Waals surface area contributed by atoms with E-state index in [0.29, 0.717) is 11.3 Å². The molecular weight excluding hydrogens is 288 g/mol. The van der Waals surface area contributed by atoms with E-state index in [1.54, 1.807) is 0 Å². The minimum absolute atomic E-state index is 0.451. The Hall–Kier alpha value is -0.910. The van der Waals surface area contributed by atoms with Crippen LogP contribution in [0.3, 0.4) is 0 Å². The lowest BCUT2D eigenvalue weighted by molar-refractivity contribution is 0.0959. The van der Waals surface area contributed by atoms with E-state index < -0.39 is 0 Å². The van der Waals surface area contributed by atoms with Crippen molar-refractivity contribution in [2.45, 2.75) is 25.8 Å². The van der Waals surface area contributed by atoms with Gasteiger partial charge in [-0.1, -0.05) is 0 Å². The zero-order valence-electron chi connectivity index (χ0n) is 14.6. The summed E-state index contributed by atoms with van der Waals surface area (Å²) in [5.41, 5.74) is 1.79. The Kier molecular flexibility index (Phi) is 4.20. The number of methoxy groups -OCH3 is 1. The molecule has 0 bridgehead atoms. The van der Waals surface area contributed by atoms with E-state index in [1.807, 2.05) is 25.0 Å². The highest BCUT2D eigenvalue weighted by molar-refractivity contribution is 5.07. The van der Waals surface area contributed by atoms with Crippen LogP contribution in [0.4, 0.5) is 0 Å². The first-order chi connectivity index (χ1) is 11.2. The zero-order chi connectivity index (χ0) is 15.9. The molecule has 128 valence electrons. The zero-order valence-corrected chi connectivity index (χ0v) is 14.6. The van der Waals surface area contributed by atoms with Gasteiger partial charge in [-0.25, -0.2) is 0 Å². The Bertz CT molecular complexity index is 541. The molecule has 0 aromatic carbocycles. The average Bonchev–Trinajstić information content (AvgIpc) is 2.94. The van der Waals surface area contributed by atoms with Crippen LogP contribution in [0.5, 0.6) is 0 Å². The molecule has 1 spiro atoms. The van der Waals surface area contributed by atoms with Crippen molar-refractivity contribution in [3.63, 3.8) is 0 Å². The molecule has 1 aromatic heterocycles. The van der Waals surface area contributed by atoms with Crippen molar-refractivity contribution in [3.05, 3.63) is 18.0 Å². The molecule has 3 heterocycles. The van der Waals surface area contributed by atoms with E-state index in [-0.39, 0.29) is 0 Å². The van der Waals surface area contributed by atoms with Gasteiger partial charge in [-0.2, -0.15) is 5.10 Å². The second-order valence-corrected chi connectivity index (χ2v) is 8.14. The summed E-state index contributed by atoms with van der Waals surface area (Å²) in [4.78, 5) is 5.36. The van der Waals surface area contributed by atoms with Crippen LogP contribution in [0.2, 0.25) is 0 Å². The van der Waals surface area contributed by atoms with Crippen LogP contribution in [-0.4, -0.2) is 66.0 Å². The molecule has 2 saturated heterocycles. The minimum Gasteiger partial charge on any atom is -0.384 e. The van der Waals surface area contributed by atoms with E-state index in [1.165, 1.54) is 57.5 Å². The highest BCUT2D eigenvalue weighted by Gasteiger charge is 2.50. The molecule has 4 rings (SSSR count). The van der Waals surface area contributed by atoms with Crippen molar-refractivity contribution in [3.8, 4) is 0 Å². The van der Waals surface area contributed by atoms with Gasteiger partial charge in [0.1, 0.15) is 0 Å². The topological polar surface area (TPSA) is 33.5 Å². The molecule has 5 heteroatoms. The summed E-state index contributed by atoms with van der Waals surface area (Å²) in [5, 5.41) is 4.31. The molecule has 1 saturated carbocycles. The Morgan fingerprint density at radius 1 is 1.30 bits per heavy atom. The van der Waals surface area contributed by atoms with Gasteiger partial charge in [0, 0.05) is 70.0 Å². The van der Waals surface area contributed by atoms with Gasteiger partial charge in [0.05, 0.1) is 12.8 Å². The SMILES string of the molecule is COC[C@@H]1CN(CC2CC2)C[C@@]12CCN(Cc1cnn(C)c1)C2. The third-order valence-electron chi connectivity index (χ3n) is 6.09. The van der Waals surface area contributed by atoms with Crippen molar-refractivity contribution < 1.29 is 4.74 Å². The molecule has 0 N–H and O–H groups in total. The third-order valence-corrected chi connectivity index (χ3v) is 6.09. The molecule has 0 amide bonds. The Morgan fingerprint density at radius 3 is 2.83 bits per heavy atom. The highest BCUT2D eigenvalue weighted by atomic mass is 16.5. The highest BCUT2D eigenvalue weighted by Crippen LogP contribution is 2.45. The van der Waals surface area contributed by atoms with Crippen molar-refractivity contribution in [1.82, 2.24) is 19.6 Å². The molecule has 1 aromatic rings. The van der Waals surface area contributed by atoms with Crippen LogP contribution in [0.1, 0.15) is 24.8 Å². The van der Waals surface area contributed by atoms with Crippen LogP contribution in [-0.2, 0) is 18.3 Å². The van der Waals surface area contributed by atoms with Gasteiger partial charge in [0.25, 0.3) is 0 Å². The predicted molar refractivity (Wildman–Crippen MR) is 90.1 cm³/mol. The molecule has 1 aliphatic carbocycles.